The summed E-state index contributed by atoms with van der Waals surface area (Å²) >= 11 is 6.02. The van der Waals surface area contributed by atoms with Gasteiger partial charge in [0.15, 0.2) is 0 Å². The summed E-state index contributed by atoms with van der Waals surface area (Å²) in [5, 5.41) is 0.303. The van der Waals surface area contributed by atoms with Gasteiger partial charge in [0.2, 0.25) is 15.9 Å². The zero-order chi connectivity index (χ0) is 21.9. The molecule has 7 nitrogen and oxygen atoms in total. The maximum atomic E-state index is 13.3. The number of piperidine rings is 1. The quantitative estimate of drug-likeness (QED) is 0.671. The first-order valence-corrected chi connectivity index (χ1v) is 11.3. The lowest BCUT2D eigenvalue weighted by atomic mass is 9.98. The molecule has 0 saturated carbocycles. The molecule has 1 aliphatic heterocycles. The molecule has 1 aliphatic rings. The Morgan fingerprint density at radius 1 is 1.17 bits per heavy atom. The van der Waals surface area contributed by atoms with E-state index in [0.29, 0.717) is 35.8 Å². The first-order chi connectivity index (χ1) is 14.3. The number of methoxy groups -OCH3 is 2. The molecule has 3 rings (SSSR count). The Bertz CT molecular complexity index is 1030. The molecule has 162 valence electrons. The van der Waals surface area contributed by atoms with Gasteiger partial charge in [-0.25, -0.2) is 8.42 Å². The maximum Gasteiger partial charge on any atom is 0.246 e. The standard InChI is InChI=1S/C21H25ClN2O5S/c1-23(17-7-4-8-18(13-17)28-2)21(25)15-6-5-11-24(14-15)30(26,27)20-12-16(22)9-10-19(20)29-3/h4,7-10,12-13,15H,5-6,11,14H2,1-3H3/t15-/m1/s1. The van der Waals surface area contributed by atoms with Gasteiger partial charge in [-0.3, -0.25) is 4.79 Å². The van der Waals surface area contributed by atoms with Gasteiger partial charge in [0.05, 0.1) is 20.1 Å². The molecule has 1 atom stereocenters. The first-order valence-electron chi connectivity index (χ1n) is 9.53. The number of nitrogens with zero attached hydrogens (tertiary/aromatic N) is 2. The van der Waals surface area contributed by atoms with Gasteiger partial charge in [-0.05, 0) is 43.2 Å². The van der Waals surface area contributed by atoms with Crippen molar-refractivity contribution in [3.8, 4) is 11.5 Å². The van der Waals surface area contributed by atoms with Crippen LogP contribution in [0.3, 0.4) is 0 Å². The summed E-state index contributed by atoms with van der Waals surface area (Å²) < 4.78 is 38.3. The highest BCUT2D eigenvalue weighted by Crippen LogP contribution is 2.32. The number of sulfonamides is 1. The Morgan fingerprint density at radius 2 is 1.93 bits per heavy atom. The fourth-order valence-electron chi connectivity index (χ4n) is 3.57. The molecule has 1 heterocycles. The van der Waals surface area contributed by atoms with Crippen molar-refractivity contribution in [1.82, 2.24) is 4.31 Å². The number of anilines is 1. The molecule has 0 spiro atoms. The van der Waals surface area contributed by atoms with Gasteiger partial charge in [0.1, 0.15) is 16.4 Å². The lowest BCUT2D eigenvalue weighted by molar-refractivity contribution is -0.123. The summed E-state index contributed by atoms with van der Waals surface area (Å²) in [4.78, 5) is 14.7. The van der Waals surface area contributed by atoms with Crippen LogP contribution in [0.4, 0.5) is 5.69 Å². The number of rotatable bonds is 6. The van der Waals surface area contributed by atoms with Crippen LogP contribution in [0.15, 0.2) is 47.4 Å². The molecule has 1 fully saturated rings. The molecule has 0 radical (unpaired) electrons. The van der Waals surface area contributed by atoms with Crippen molar-refractivity contribution in [2.24, 2.45) is 5.92 Å². The fourth-order valence-corrected chi connectivity index (χ4v) is 5.52. The van der Waals surface area contributed by atoms with Crippen LogP contribution in [-0.4, -0.2) is 53.0 Å². The summed E-state index contributed by atoms with van der Waals surface area (Å²) in [6.07, 6.45) is 1.20. The van der Waals surface area contributed by atoms with E-state index in [4.69, 9.17) is 21.1 Å². The lowest BCUT2D eigenvalue weighted by Gasteiger charge is -2.33. The van der Waals surface area contributed by atoms with E-state index in [2.05, 4.69) is 0 Å². The molecule has 1 saturated heterocycles. The van der Waals surface area contributed by atoms with Crippen molar-refractivity contribution < 1.29 is 22.7 Å². The smallest absolute Gasteiger partial charge is 0.246 e. The van der Waals surface area contributed by atoms with Gasteiger partial charge < -0.3 is 14.4 Å². The van der Waals surface area contributed by atoms with E-state index >= 15 is 0 Å². The van der Waals surface area contributed by atoms with E-state index in [9.17, 15) is 13.2 Å². The predicted octanol–water partition coefficient (Wildman–Crippen LogP) is 3.42. The van der Waals surface area contributed by atoms with Crippen LogP contribution in [0.25, 0.3) is 0 Å². The van der Waals surface area contributed by atoms with Crippen LogP contribution in [0.2, 0.25) is 5.02 Å². The zero-order valence-electron chi connectivity index (χ0n) is 17.2. The van der Waals surface area contributed by atoms with Crippen molar-refractivity contribution in [1.29, 1.82) is 0 Å². The molecule has 1 amide bonds. The summed E-state index contributed by atoms with van der Waals surface area (Å²) in [6.45, 7) is 0.440. The van der Waals surface area contributed by atoms with E-state index < -0.39 is 15.9 Å². The van der Waals surface area contributed by atoms with E-state index in [0.717, 1.165) is 0 Å². The first kappa shape index (κ1) is 22.4. The Hall–Kier alpha value is -2.29. The molecule has 0 unspecified atom stereocenters. The normalized spacial score (nSPS) is 17.4. The highest BCUT2D eigenvalue weighted by Gasteiger charge is 2.36. The number of hydrogen-bond donors (Lipinski definition) is 0. The van der Waals surface area contributed by atoms with Crippen molar-refractivity contribution in [3.63, 3.8) is 0 Å². The summed E-state index contributed by atoms with van der Waals surface area (Å²) in [7, 11) is 0.798. The van der Waals surface area contributed by atoms with Crippen LogP contribution in [0.1, 0.15) is 12.8 Å². The Labute approximate surface area is 182 Å². The van der Waals surface area contributed by atoms with Gasteiger partial charge >= 0.3 is 0 Å². The number of halogens is 1. The topological polar surface area (TPSA) is 76.2 Å². The Morgan fingerprint density at radius 3 is 2.63 bits per heavy atom. The summed E-state index contributed by atoms with van der Waals surface area (Å²) in [6, 6.07) is 11.7. The average molecular weight is 453 g/mol. The number of carbonyl (C=O) groups excluding carboxylic acids is 1. The molecular weight excluding hydrogens is 428 g/mol. The maximum absolute atomic E-state index is 13.3. The molecule has 2 aromatic rings. The second kappa shape index (κ2) is 9.24. The molecule has 0 aromatic heterocycles. The van der Waals surface area contributed by atoms with Crippen LogP contribution < -0.4 is 14.4 Å². The van der Waals surface area contributed by atoms with E-state index in [-0.39, 0.29) is 23.1 Å². The molecule has 30 heavy (non-hydrogen) atoms. The average Bonchev–Trinajstić information content (AvgIpc) is 2.78. The van der Waals surface area contributed by atoms with E-state index in [1.807, 2.05) is 6.07 Å². The zero-order valence-corrected chi connectivity index (χ0v) is 18.7. The van der Waals surface area contributed by atoms with Crippen molar-refractivity contribution in [2.45, 2.75) is 17.7 Å². The monoisotopic (exact) mass is 452 g/mol. The molecular formula is C21H25ClN2O5S. The number of hydrogen-bond acceptors (Lipinski definition) is 5. The Balaban J connectivity index is 1.82. The number of ether oxygens (including phenoxy) is 2. The fraction of sp³-hybridized carbons (Fsp3) is 0.381. The molecule has 0 N–H and O–H groups in total. The minimum Gasteiger partial charge on any atom is -0.497 e. The van der Waals surface area contributed by atoms with Gasteiger partial charge in [-0.2, -0.15) is 4.31 Å². The third-order valence-electron chi connectivity index (χ3n) is 5.25. The van der Waals surface area contributed by atoms with Crippen LogP contribution in [0, 0.1) is 5.92 Å². The third-order valence-corrected chi connectivity index (χ3v) is 7.37. The summed E-state index contributed by atoms with van der Waals surface area (Å²) in [5.41, 5.74) is 0.691. The van der Waals surface area contributed by atoms with Gasteiger partial charge in [0, 0.05) is 36.9 Å². The summed E-state index contributed by atoms with van der Waals surface area (Å²) in [5.74, 6) is 0.283. The molecule has 0 bridgehead atoms. The predicted molar refractivity (Wildman–Crippen MR) is 116 cm³/mol. The minimum absolute atomic E-state index is 0.00625. The van der Waals surface area contributed by atoms with Crippen LogP contribution in [-0.2, 0) is 14.8 Å². The van der Waals surface area contributed by atoms with Gasteiger partial charge in [0.25, 0.3) is 0 Å². The van der Waals surface area contributed by atoms with Gasteiger partial charge in [-0.1, -0.05) is 17.7 Å². The molecule has 0 aliphatic carbocycles. The molecule has 9 heteroatoms. The SMILES string of the molecule is COc1cccc(N(C)C(=O)[C@@H]2CCCN(S(=O)(=O)c3cc(Cl)ccc3OC)C2)c1. The largest absolute Gasteiger partial charge is 0.497 e. The number of benzene rings is 2. The van der Waals surface area contributed by atoms with Crippen molar-refractivity contribution >= 4 is 33.2 Å². The Kier molecular flexibility index (Phi) is 6.90. The number of amides is 1. The van der Waals surface area contributed by atoms with Crippen LogP contribution >= 0.6 is 11.6 Å². The van der Waals surface area contributed by atoms with Crippen molar-refractivity contribution in [2.75, 3.05) is 39.3 Å². The number of carbonyl (C=O) groups is 1. The second-order valence-electron chi connectivity index (χ2n) is 7.10. The minimum atomic E-state index is -3.86. The van der Waals surface area contributed by atoms with Gasteiger partial charge in [-0.15, -0.1) is 0 Å². The molecule has 2 aromatic carbocycles. The lowest BCUT2D eigenvalue weighted by Crippen LogP contribution is -2.46. The highest BCUT2D eigenvalue weighted by atomic mass is 35.5. The van der Waals surface area contributed by atoms with E-state index in [1.165, 1.54) is 23.5 Å². The third kappa shape index (κ3) is 4.55. The highest BCUT2D eigenvalue weighted by molar-refractivity contribution is 7.89. The van der Waals surface area contributed by atoms with E-state index in [1.54, 1.807) is 43.3 Å². The second-order valence-corrected chi connectivity index (χ2v) is 9.44. The van der Waals surface area contributed by atoms with Crippen molar-refractivity contribution in [3.05, 3.63) is 47.5 Å². The van der Waals surface area contributed by atoms with Crippen LogP contribution in [0.5, 0.6) is 11.5 Å².